The number of aliphatic hydroxyl groups excluding tert-OH is 1. The first-order valence-electron chi connectivity index (χ1n) is 7.72. The van der Waals surface area contributed by atoms with Crippen LogP contribution >= 0.6 is 11.6 Å². The van der Waals surface area contributed by atoms with E-state index in [0.717, 1.165) is 38.2 Å². The maximum absolute atomic E-state index is 12.3. The van der Waals surface area contributed by atoms with Crippen molar-refractivity contribution in [3.63, 3.8) is 0 Å². The monoisotopic (exact) mass is 324 g/mol. The maximum Gasteiger partial charge on any atom is 0.318 e. The summed E-state index contributed by atoms with van der Waals surface area (Å²) in [4.78, 5) is 20.5. The molecule has 2 aliphatic heterocycles. The molecule has 2 amide bonds. The Morgan fingerprint density at radius 1 is 1.45 bits per heavy atom. The molecule has 2 N–H and O–H groups in total. The summed E-state index contributed by atoms with van der Waals surface area (Å²) in [6, 6.07) is 3.61. The van der Waals surface area contributed by atoms with E-state index in [1.165, 1.54) is 0 Å². The fraction of sp³-hybridized carbons (Fsp3) is 0.600. The van der Waals surface area contributed by atoms with E-state index in [4.69, 9.17) is 11.6 Å². The van der Waals surface area contributed by atoms with Crippen molar-refractivity contribution < 1.29 is 9.90 Å². The van der Waals surface area contributed by atoms with Gasteiger partial charge in [0.25, 0.3) is 0 Å². The van der Waals surface area contributed by atoms with Crippen LogP contribution in [0, 0.1) is 0 Å². The molecule has 2 saturated heterocycles. The van der Waals surface area contributed by atoms with Gasteiger partial charge in [-0.1, -0.05) is 11.6 Å². The van der Waals surface area contributed by atoms with E-state index in [9.17, 15) is 9.90 Å². The second kappa shape index (κ2) is 6.71. The Labute approximate surface area is 135 Å². The number of hydrogen-bond acceptors (Lipinski definition) is 4. The highest BCUT2D eigenvalue weighted by atomic mass is 35.5. The molecule has 2 atom stereocenters. The van der Waals surface area contributed by atoms with Crippen molar-refractivity contribution in [1.82, 2.24) is 15.2 Å². The van der Waals surface area contributed by atoms with Gasteiger partial charge in [0.15, 0.2) is 0 Å². The first-order chi connectivity index (χ1) is 10.7. The topological polar surface area (TPSA) is 68.7 Å². The number of carbonyl (C=O) groups excluding carboxylic acids is 1. The van der Waals surface area contributed by atoms with Crippen molar-refractivity contribution in [1.29, 1.82) is 0 Å². The van der Waals surface area contributed by atoms with Gasteiger partial charge in [-0.3, -0.25) is 0 Å². The summed E-state index contributed by atoms with van der Waals surface area (Å²) in [7, 11) is 0. The Hall–Kier alpha value is -1.53. The van der Waals surface area contributed by atoms with Gasteiger partial charge in [-0.2, -0.15) is 0 Å². The number of aromatic nitrogens is 1. The number of halogens is 1. The third-order valence-electron chi connectivity index (χ3n) is 4.40. The van der Waals surface area contributed by atoms with E-state index in [1.54, 1.807) is 11.1 Å². The van der Waals surface area contributed by atoms with Crippen LogP contribution in [0.15, 0.2) is 18.3 Å². The number of nitrogens with one attached hydrogen (secondary N) is 1. The molecule has 0 bridgehead atoms. The SMILES string of the molecule is O=C(NC1CCN(c2ncccc2Cl)C1)N1CCC[C@@H]1CO. The minimum absolute atomic E-state index is 0.0355. The van der Waals surface area contributed by atoms with Gasteiger partial charge in [0.2, 0.25) is 0 Å². The highest BCUT2D eigenvalue weighted by molar-refractivity contribution is 6.32. The zero-order valence-corrected chi connectivity index (χ0v) is 13.2. The second-order valence-corrected chi connectivity index (χ2v) is 6.27. The molecule has 0 aromatic carbocycles. The van der Waals surface area contributed by atoms with Gasteiger partial charge >= 0.3 is 6.03 Å². The van der Waals surface area contributed by atoms with Crippen LogP contribution < -0.4 is 10.2 Å². The highest BCUT2D eigenvalue weighted by Gasteiger charge is 2.31. The van der Waals surface area contributed by atoms with E-state index < -0.39 is 0 Å². The van der Waals surface area contributed by atoms with E-state index in [2.05, 4.69) is 15.2 Å². The summed E-state index contributed by atoms with van der Waals surface area (Å²) < 4.78 is 0. The molecule has 22 heavy (non-hydrogen) atoms. The van der Waals surface area contributed by atoms with Crippen molar-refractivity contribution in [2.75, 3.05) is 31.1 Å². The Morgan fingerprint density at radius 3 is 3.09 bits per heavy atom. The summed E-state index contributed by atoms with van der Waals surface area (Å²) in [6.07, 6.45) is 4.43. The van der Waals surface area contributed by atoms with Gasteiger partial charge in [0.1, 0.15) is 5.82 Å². The average molecular weight is 325 g/mol. The van der Waals surface area contributed by atoms with Gasteiger partial charge < -0.3 is 20.2 Å². The zero-order valence-electron chi connectivity index (χ0n) is 12.4. The maximum atomic E-state index is 12.3. The molecule has 1 unspecified atom stereocenters. The number of urea groups is 1. The smallest absolute Gasteiger partial charge is 0.318 e. The number of carbonyl (C=O) groups is 1. The molecule has 120 valence electrons. The number of pyridine rings is 1. The average Bonchev–Trinajstić information content (AvgIpc) is 3.16. The van der Waals surface area contributed by atoms with Gasteiger partial charge in [-0.05, 0) is 31.4 Å². The highest BCUT2D eigenvalue weighted by Crippen LogP contribution is 2.26. The normalized spacial score (nSPS) is 24.8. The number of hydrogen-bond donors (Lipinski definition) is 2. The lowest BCUT2D eigenvalue weighted by molar-refractivity contribution is 0.155. The predicted molar refractivity (Wildman–Crippen MR) is 85.2 cm³/mol. The minimum atomic E-state index is -0.0736. The summed E-state index contributed by atoms with van der Waals surface area (Å²) in [6.45, 7) is 2.29. The van der Waals surface area contributed by atoms with E-state index in [0.29, 0.717) is 11.6 Å². The van der Waals surface area contributed by atoms with Gasteiger partial charge in [0.05, 0.1) is 17.7 Å². The molecule has 3 rings (SSSR count). The summed E-state index contributed by atoms with van der Waals surface area (Å²) in [5.41, 5.74) is 0. The van der Waals surface area contributed by atoms with Crippen molar-refractivity contribution >= 4 is 23.4 Å². The van der Waals surface area contributed by atoms with Crippen LogP contribution in [0.5, 0.6) is 0 Å². The lowest BCUT2D eigenvalue weighted by Crippen LogP contribution is -2.48. The Morgan fingerprint density at radius 2 is 2.32 bits per heavy atom. The molecule has 0 radical (unpaired) electrons. The Kier molecular flexibility index (Phi) is 4.69. The molecular formula is C15H21ClN4O2. The Bertz CT molecular complexity index is 542. The lowest BCUT2D eigenvalue weighted by atomic mass is 10.2. The van der Waals surface area contributed by atoms with Crippen molar-refractivity contribution in [2.45, 2.75) is 31.3 Å². The molecule has 0 saturated carbocycles. The van der Waals surface area contributed by atoms with Crippen LogP contribution in [0.2, 0.25) is 5.02 Å². The van der Waals surface area contributed by atoms with Crippen molar-refractivity contribution in [3.05, 3.63) is 23.4 Å². The van der Waals surface area contributed by atoms with Crippen molar-refractivity contribution in [2.24, 2.45) is 0 Å². The van der Waals surface area contributed by atoms with Crippen LogP contribution in [0.1, 0.15) is 19.3 Å². The zero-order chi connectivity index (χ0) is 15.5. The minimum Gasteiger partial charge on any atom is -0.394 e. The lowest BCUT2D eigenvalue weighted by Gasteiger charge is -2.25. The Balaban J connectivity index is 1.57. The number of amides is 2. The van der Waals surface area contributed by atoms with E-state index >= 15 is 0 Å². The first kappa shape index (κ1) is 15.4. The third-order valence-corrected chi connectivity index (χ3v) is 4.70. The molecule has 1 aromatic rings. The van der Waals surface area contributed by atoms with E-state index in [1.807, 2.05) is 12.1 Å². The first-order valence-corrected chi connectivity index (χ1v) is 8.10. The van der Waals surface area contributed by atoms with Gasteiger partial charge in [0, 0.05) is 31.9 Å². The number of nitrogens with zero attached hydrogens (tertiary/aromatic N) is 3. The quantitative estimate of drug-likeness (QED) is 0.883. The summed E-state index contributed by atoms with van der Waals surface area (Å²) in [5.74, 6) is 0.773. The van der Waals surface area contributed by atoms with Gasteiger partial charge in [-0.15, -0.1) is 0 Å². The number of aliphatic hydroxyl groups is 1. The number of anilines is 1. The molecule has 0 aliphatic carbocycles. The molecule has 1 aromatic heterocycles. The van der Waals surface area contributed by atoms with Crippen LogP contribution in [0.3, 0.4) is 0 Å². The standard InChI is InChI=1S/C15H21ClN4O2/c16-13-4-1-6-17-14(13)19-8-5-11(9-19)18-15(22)20-7-2-3-12(20)10-21/h1,4,6,11-12,21H,2-3,5,7-10H2,(H,18,22)/t11?,12-/m1/s1. The largest absolute Gasteiger partial charge is 0.394 e. The van der Waals surface area contributed by atoms with Gasteiger partial charge in [-0.25, -0.2) is 9.78 Å². The molecule has 2 aliphatic rings. The summed E-state index contributed by atoms with van der Waals surface area (Å²) >= 11 is 6.17. The third kappa shape index (κ3) is 3.13. The molecular weight excluding hydrogens is 304 g/mol. The van der Waals surface area contributed by atoms with Crippen LogP contribution in [0.4, 0.5) is 10.6 Å². The molecule has 3 heterocycles. The summed E-state index contributed by atoms with van der Waals surface area (Å²) in [5, 5.41) is 13.0. The fourth-order valence-electron chi connectivity index (χ4n) is 3.23. The molecule has 7 heteroatoms. The van der Waals surface area contributed by atoms with Crippen LogP contribution in [-0.2, 0) is 0 Å². The predicted octanol–water partition coefficient (Wildman–Crippen LogP) is 1.48. The molecule has 6 nitrogen and oxygen atoms in total. The fourth-order valence-corrected chi connectivity index (χ4v) is 3.47. The second-order valence-electron chi connectivity index (χ2n) is 5.86. The van der Waals surface area contributed by atoms with Crippen LogP contribution in [-0.4, -0.2) is 59.3 Å². The molecule has 0 spiro atoms. The van der Waals surface area contributed by atoms with E-state index in [-0.39, 0.29) is 24.7 Å². The molecule has 2 fully saturated rings. The number of rotatable bonds is 3. The number of likely N-dealkylation sites (tertiary alicyclic amines) is 1. The van der Waals surface area contributed by atoms with Crippen LogP contribution in [0.25, 0.3) is 0 Å². The van der Waals surface area contributed by atoms with Crippen molar-refractivity contribution in [3.8, 4) is 0 Å².